The minimum absolute atomic E-state index is 0.103. The second-order valence-electron chi connectivity index (χ2n) is 15.5. The number of benzene rings is 9. The Hall–Kier alpha value is -6.24. The number of nitrogens with zero attached hydrogens (tertiary/aromatic N) is 1. The van der Waals surface area contributed by atoms with Gasteiger partial charge in [-0.05, 0) is 105 Å². The lowest BCUT2D eigenvalue weighted by Gasteiger charge is -2.37. The molecular formula is C52H28BNS3. The largest absolute Gasteiger partial charge is 0.310 e. The molecule has 9 aromatic carbocycles. The molecule has 57 heavy (non-hydrogen) atoms. The molecule has 2 aliphatic heterocycles. The normalized spacial score (nSPS) is 13.2. The fourth-order valence-electron chi connectivity index (χ4n) is 10.3. The minimum Gasteiger partial charge on any atom is -0.310 e. The molecule has 0 spiro atoms. The zero-order valence-corrected chi connectivity index (χ0v) is 32.9. The van der Waals surface area contributed by atoms with Crippen molar-refractivity contribution in [1.82, 2.24) is 0 Å². The van der Waals surface area contributed by atoms with Gasteiger partial charge in [-0.1, -0.05) is 115 Å². The maximum absolute atomic E-state index is 2.69. The third-order valence-electron chi connectivity index (χ3n) is 12.6. The highest BCUT2D eigenvalue weighted by Gasteiger charge is 2.45. The number of thiophene rings is 3. The second-order valence-corrected chi connectivity index (χ2v) is 18.8. The van der Waals surface area contributed by atoms with Crippen molar-refractivity contribution >= 4 is 145 Å². The topological polar surface area (TPSA) is 3.24 Å². The van der Waals surface area contributed by atoms with Crippen LogP contribution >= 0.6 is 34.0 Å². The quantitative estimate of drug-likeness (QED) is 0.158. The molecule has 0 N–H and O–H groups in total. The smallest absolute Gasteiger partial charge is 0.248 e. The van der Waals surface area contributed by atoms with E-state index in [0.717, 1.165) is 0 Å². The zero-order chi connectivity index (χ0) is 36.9. The molecule has 12 aromatic rings. The molecule has 0 saturated heterocycles. The van der Waals surface area contributed by atoms with Crippen molar-refractivity contribution in [3.63, 3.8) is 0 Å². The summed E-state index contributed by atoms with van der Waals surface area (Å²) in [5, 5.41) is 10.6. The van der Waals surface area contributed by atoms with Crippen molar-refractivity contribution in [1.29, 1.82) is 0 Å². The predicted molar refractivity (Wildman–Crippen MR) is 253 cm³/mol. The van der Waals surface area contributed by atoms with E-state index in [0.29, 0.717) is 0 Å². The first kappa shape index (κ1) is 30.9. The summed E-state index contributed by atoms with van der Waals surface area (Å²) in [5.41, 5.74) is 13.3. The number of hydrogen-bond donors (Lipinski definition) is 0. The van der Waals surface area contributed by atoms with E-state index in [1.807, 2.05) is 34.0 Å². The lowest BCUT2D eigenvalue weighted by atomic mass is 9.37. The molecule has 0 fully saturated rings. The molecular weight excluding hydrogens is 746 g/mol. The molecule has 3 aromatic heterocycles. The van der Waals surface area contributed by atoms with Crippen LogP contribution in [0.5, 0.6) is 0 Å². The summed E-state index contributed by atoms with van der Waals surface area (Å²) in [6.07, 6.45) is 0. The van der Waals surface area contributed by atoms with Crippen molar-refractivity contribution in [3.05, 3.63) is 170 Å². The summed E-state index contributed by atoms with van der Waals surface area (Å²) in [5.74, 6) is 0. The Labute approximate surface area is 340 Å². The van der Waals surface area contributed by atoms with E-state index in [9.17, 15) is 0 Å². The van der Waals surface area contributed by atoms with E-state index in [2.05, 4.69) is 175 Å². The lowest BCUT2D eigenvalue weighted by molar-refractivity contribution is 1.33. The Kier molecular flexibility index (Phi) is 6.08. The van der Waals surface area contributed by atoms with E-state index in [4.69, 9.17) is 0 Å². The second kappa shape index (κ2) is 11.2. The Balaban J connectivity index is 1.19. The van der Waals surface area contributed by atoms with Crippen LogP contribution in [0.2, 0.25) is 0 Å². The van der Waals surface area contributed by atoms with Crippen LogP contribution in [0.4, 0.5) is 17.1 Å². The molecule has 0 saturated carbocycles. The van der Waals surface area contributed by atoms with E-state index >= 15 is 0 Å². The molecule has 2 aliphatic rings. The molecule has 5 heterocycles. The first-order valence-electron chi connectivity index (χ1n) is 19.5. The number of fused-ring (bicyclic) bond motifs is 17. The van der Waals surface area contributed by atoms with Crippen molar-refractivity contribution in [2.24, 2.45) is 0 Å². The molecule has 0 aliphatic carbocycles. The van der Waals surface area contributed by atoms with Crippen LogP contribution in [0.25, 0.3) is 93.5 Å². The van der Waals surface area contributed by atoms with Gasteiger partial charge >= 0.3 is 0 Å². The van der Waals surface area contributed by atoms with Crippen LogP contribution in [0.15, 0.2) is 170 Å². The molecule has 1 nitrogen and oxygen atoms in total. The summed E-state index contributed by atoms with van der Waals surface area (Å²) >= 11 is 5.72. The van der Waals surface area contributed by atoms with Gasteiger partial charge in [-0.3, -0.25) is 0 Å². The first-order valence-corrected chi connectivity index (χ1v) is 22.0. The standard InChI is InChI=1S/C52H28BNS3/c1-2-11-30-26-31(21-20-29(30)10-1)32-27-36-47-37(22-24-45-49(47)34-13-4-7-17-42(34)56-45)53-38-23-25-46-50(35-14-5-8-18-43(35)57-46)52(38)54(40(28-32)51(36)53)39-15-9-19-44-48(39)33-12-3-6-16-41(33)55-44/h1-28H. The third-order valence-corrected chi connectivity index (χ3v) is 16.0. The van der Waals surface area contributed by atoms with E-state index in [-0.39, 0.29) is 6.71 Å². The molecule has 14 rings (SSSR count). The van der Waals surface area contributed by atoms with Crippen LogP contribution in [0.3, 0.4) is 0 Å². The van der Waals surface area contributed by atoms with Gasteiger partial charge in [0.15, 0.2) is 0 Å². The molecule has 0 atom stereocenters. The van der Waals surface area contributed by atoms with Crippen molar-refractivity contribution < 1.29 is 0 Å². The minimum atomic E-state index is 0.103. The van der Waals surface area contributed by atoms with E-state index < -0.39 is 0 Å². The van der Waals surface area contributed by atoms with E-state index in [1.165, 1.54) is 127 Å². The van der Waals surface area contributed by atoms with E-state index in [1.54, 1.807) is 0 Å². The average Bonchev–Trinajstić information content (AvgIpc) is 4.03. The fourth-order valence-corrected chi connectivity index (χ4v) is 13.7. The van der Waals surface area contributed by atoms with Gasteiger partial charge < -0.3 is 4.90 Å². The van der Waals surface area contributed by atoms with Crippen LogP contribution in [-0.2, 0) is 0 Å². The highest BCUT2D eigenvalue weighted by molar-refractivity contribution is 7.27. The molecule has 0 bridgehead atoms. The van der Waals surface area contributed by atoms with Gasteiger partial charge in [0.05, 0.1) is 11.4 Å². The van der Waals surface area contributed by atoms with Crippen LogP contribution in [0.1, 0.15) is 0 Å². The fraction of sp³-hybridized carbons (Fsp3) is 0. The number of anilines is 3. The van der Waals surface area contributed by atoms with Crippen molar-refractivity contribution in [2.75, 3.05) is 4.90 Å². The summed E-state index contributed by atoms with van der Waals surface area (Å²) < 4.78 is 7.99. The first-order chi connectivity index (χ1) is 28.3. The maximum Gasteiger partial charge on any atom is 0.248 e. The van der Waals surface area contributed by atoms with Gasteiger partial charge in [0.1, 0.15) is 0 Å². The Bertz CT molecular complexity index is 3740. The summed E-state index contributed by atoms with van der Waals surface area (Å²) in [6.45, 7) is 0.103. The van der Waals surface area contributed by atoms with Gasteiger partial charge in [0.2, 0.25) is 6.71 Å². The van der Waals surface area contributed by atoms with Crippen molar-refractivity contribution in [2.45, 2.75) is 0 Å². The zero-order valence-electron chi connectivity index (χ0n) is 30.4. The molecule has 5 heteroatoms. The Morgan fingerprint density at radius 1 is 0.386 bits per heavy atom. The highest BCUT2D eigenvalue weighted by Crippen LogP contribution is 2.52. The van der Waals surface area contributed by atoms with Gasteiger partial charge in [0.25, 0.3) is 0 Å². The molecule has 0 amide bonds. The third kappa shape index (κ3) is 4.08. The SMILES string of the molecule is c1ccc2cc(-c3cc4c5c(c3)N(c3cccc6sc7ccccc7c36)c3c(ccc6sc7ccccc7c36)B5c3ccc5sc6ccccc6c5c3-4)ccc2c1. The van der Waals surface area contributed by atoms with Crippen molar-refractivity contribution in [3.8, 4) is 22.3 Å². The van der Waals surface area contributed by atoms with Gasteiger partial charge in [-0.15, -0.1) is 34.0 Å². The average molecular weight is 774 g/mol. The summed E-state index contributed by atoms with van der Waals surface area (Å²) in [6, 6.07) is 64.4. The Morgan fingerprint density at radius 3 is 1.74 bits per heavy atom. The van der Waals surface area contributed by atoms with Crippen LogP contribution < -0.4 is 21.3 Å². The Morgan fingerprint density at radius 2 is 0.982 bits per heavy atom. The van der Waals surface area contributed by atoms with Gasteiger partial charge in [-0.25, -0.2) is 0 Å². The molecule has 0 unspecified atom stereocenters. The van der Waals surface area contributed by atoms with Crippen LogP contribution in [-0.4, -0.2) is 6.71 Å². The monoisotopic (exact) mass is 773 g/mol. The highest BCUT2D eigenvalue weighted by atomic mass is 32.1. The van der Waals surface area contributed by atoms with Gasteiger partial charge in [-0.2, -0.15) is 0 Å². The van der Waals surface area contributed by atoms with Crippen LogP contribution in [0, 0.1) is 0 Å². The lowest BCUT2D eigenvalue weighted by Crippen LogP contribution is -2.54. The summed E-state index contributed by atoms with van der Waals surface area (Å²) in [4.78, 5) is 2.69. The maximum atomic E-state index is 2.69. The molecule has 0 radical (unpaired) electrons. The predicted octanol–water partition coefficient (Wildman–Crippen LogP) is 13.9. The number of hydrogen-bond acceptors (Lipinski definition) is 4. The molecule has 262 valence electrons. The van der Waals surface area contributed by atoms with Gasteiger partial charge in [0, 0.05) is 66.2 Å². The number of rotatable bonds is 2. The summed E-state index contributed by atoms with van der Waals surface area (Å²) in [7, 11) is 0.